The average Bonchev–Trinajstić information content (AvgIpc) is 2.27. The maximum Gasteiger partial charge on any atom is 0.310 e. The molecule has 0 aliphatic carbocycles. The van der Waals surface area contributed by atoms with Crippen molar-refractivity contribution >= 4 is 5.97 Å². The molecule has 0 fully saturated rings. The van der Waals surface area contributed by atoms with E-state index < -0.39 is 11.9 Å². The monoisotopic (exact) mass is 210 g/mol. The summed E-state index contributed by atoms with van der Waals surface area (Å²) >= 11 is 0. The van der Waals surface area contributed by atoms with Gasteiger partial charge in [0.25, 0.3) is 0 Å². The van der Waals surface area contributed by atoms with E-state index in [1.807, 2.05) is 0 Å². The van der Waals surface area contributed by atoms with E-state index in [2.05, 4.69) is 0 Å². The molecule has 1 aromatic rings. The van der Waals surface area contributed by atoms with Gasteiger partial charge in [0.1, 0.15) is 11.5 Å². The van der Waals surface area contributed by atoms with Crippen molar-refractivity contribution in [3.63, 3.8) is 0 Å². The fourth-order valence-electron chi connectivity index (χ4n) is 1.22. The molecule has 82 valence electrons. The first-order valence-electron chi connectivity index (χ1n) is 4.54. The van der Waals surface area contributed by atoms with Gasteiger partial charge in [-0.3, -0.25) is 4.79 Å². The maximum absolute atomic E-state index is 10.8. The first-order chi connectivity index (χ1) is 7.08. The molecule has 0 amide bonds. The lowest BCUT2D eigenvalue weighted by atomic mass is 10.0. The summed E-state index contributed by atoms with van der Waals surface area (Å²) in [6, 6.07) is 5.10. The Morgan fingerprint density at radius 2 is 1.67 bits per heavy atom. The highest BCUT2D eigenvalue weighted by Gasteiger charge is 2.15. The Labute approximate surface area is 88.4 Å². The van der Waals surface area contributed by atoms with Gasteiger partial charge in [-0.2, -0.15) is 0 Å². The van der Waals surface area contributed by atoms with Gasteiger partial charge >= 0.3 is 5.97 Å². The number of carbonyl (C=O) groups is 1. The third kappa shape index (κ3) is 2.62. The molecule has 1 rings (SSSR count). The second-order valence-electron chi connectivity index (χ2n) is 3.21. The van der Waals surface area contributed by atoms with Gasteiger partial charge in [-0.15, -0.1) is 0 Å². The van der Waals surface area contributed by atoms with Crippen LogP contribution < -0.4 is 9.47 Å². The minimum absolute atomic E-state index is 0.575. The van der Waals surface area contributed by atoms with E-state index in [0.717, 1.165) is 0 Å². The molecule has 0 aliphatic rings. The first kappa shape index (κ1) is 11.4. The number of aliphatic carboxylic acids is 1. The zero-order chi connectivity index (χ0) is 11.4. The van der Waals surface area contributed by atoms with Crippen LogP contribution in [0, 0.1) is 0 Å². The molecule has 0 spiro atoms. The number of ether oxygens (including phenoxy) is 2. The Balaban J connectivity index is 3.11. The molecule has 0 aliphatic heterocycles. The molecule has 0 saturated carbocycles. The minimum Gasteiger partial charge on any atom is -0.497 e. The van der Waals surface area contributed by atoms with Crippen LogP contribution in [0.4, 0.5) is 0 Å². The van der Waals surface area contributed by atoms with Gasteiger partial charge in [0.2, 0.25) is 0 Å². The molecule has 0 saturated heterocycles. The van der Waals surface area contributed by atoms with Crippen LogP contribution in [0.1, 0.15) is 18.4 Å². The van der Waals surface area contributed by atoms with E-state index in [-0.39, 0.29) is 0 Å². The molecule has 0 heterocycles. The molecule has 1 atom stereocenters. The maximum atomic E-state index is 10.8. The molecule has 1 aromatic carbocycles. The van der Waals surface area contributed by atoms with Crippen LogP contribution in [0.3, 0.4) is 0 Å². The van der Waals surface area contributed by atoms with Crippen molar-refractivity contribution in [2.75, 3.05) is 14.2 Å². The number of hydrogen-bond donors (Lipinski definition) is 1. The Kier molecular flexibility index (Phi) is 3.55. The van der Waals surface area contributed by atoms with Gasteiger partial charge in [0, 0.05) is 6.07 Å². The minimum atomic E-state index is -0.870. The molecule has 0 aromatic heterocycles. The summed E-state index contributed by atoms with van der Waals surface area (Å²) in [7, 11) is 3.06. The summed E-state index contributed by atoms with van der Waals surface area (Å²) in [5.41, 5.74) is 0.665. The van der Waals surface area contributed by atoms with Crippen molar-refractivity contribution in [1.29, 1.82) is 0 Å². The van der Waals surface area contributed by atoms with Gasteiger partial charge in [-0.05, 0) is 24.6 Å². The average molecular weight is 210 g/mol. The normalized spacial score (nSPS) is 11.9. The molecule has 1 N–H and O–H groups in total. The van der Waals surface area contributed by atoms with E-state index in [1.165, 1.54) is 14.2 Å². The van der Waals surface area contributed by atoms with Crippen LogP contribution in [0.2, 0.25) is 0 Å². The van der Waals surface area contributed by atoms with E-state index >= 15 is 0 Å². The van der Waals surface area contributed by atoms with Crippen molar-refractivity contribution < 1.29 is 19.4 Å². The summed E-state index contributed by atoms with van der Waals surface area (Å²) in [4.78, 5) is 10.8. The van der Waals surface area contributed by atoms with E-state index in [1.54, 1.807) is 25.1 Å². The van der Waals surface area contributed by atoms with Crippen molar-refractivity contribution in [3.05, 3.63) is 23.8 Å². The highest BCUT2D eigenvalue weighted by Crippen LogP contribution is 2.27. The second-order valence-corrected chi connectivity index (χ2v) is 3.21. The lowest BCUT2D eigenvalue weighted by molar-refractivity contribution is -0.138. The van der Waals surface area contributed by atoms with Crippen molar-refractivity contribution in [2.45, 2.75) is 12.8 Å². The van der Waals surface area contributed by atoms with Crippen molar-refractivity contribution in [3.8, 4) is 11.5 Å². The van der Waals surface area contributed by atoms with E-state index in [0.29, 0.717) is 17.1 Å². The Bertz CT molecular complexity index is 337. The van der Waals surface area contributed by atoms with Gasteiger partial charge in [0.15, 0.2) is 0 Å². The number of rotatable bonds is 4. The number of carboxylic acid groups (broad SMARTS) is 1. The van der Waals surface area contributed by atoms with Gasteiger partial charge in [0.05, 0.1) is 20.1 Å². The van der Waals surface area contributed by atoms with Crippen LogP contribution in [0.15, 0.2) is 18.2 Å². The number of hydrogen-bond acceptors (Lipinski definition) is 3. The molecule has 0 unspecified atom stereocenters. The largest absolute Gasteiger partial charge is 0.497 e. The Morgan fingerprint density at radius 1 is 1.20 bits per heavy atom. The molecule has 4 heteroatoms. The van der Waals surface area contributed by atoms with E-state index in [4.69, 9.17) is 14.6 Å². The molecule has 4 nitrogen and oxygen atoms in total. The van der Waals surface area contributed by atoms with Crippen molar-refractivity contribution in [1.82, 2.24) is 0 Å². The molecule has 0 radical (unpaired) electrons. The van der Waals surface area contributed by atoms with Crippen LogP contribution in [-0.2, 0) is 4.79 Å². The third-order valence-electron chi connectivity index (χ3n) is 2.24. The van der Waals surface area contributed by atoms with Crippen LogP contribution in [-0.4, -0.2) is 25.3 Å². The van der Waals surface area contributed by atoms with Crippen LogP contribution in [0.25, 0.3) is 0 Å². The number of carboxylic acids is 1. The highest BCUT2D eigenvalue weighted by atomic mass is 16.5. The summed E-state index contributed by atoms with van der Waals surface area (Å²) in [5.74, 6) is -0.255. The van der Waals surface area contributed by atoms with Gasteiger partial charge in [-0.25, -0.2) is 0 Å². The smallest absolute Gasteiger partial charge is 0.310 e. The molecule has 15 heavy (non-hydrogen) atoms. The van der Waals surface area contributed by atoms with Crippen LogP contribution >= 0.6 is 0 Å². The lowest BCUT2D eigenvalue weighted by Crippen LogP contribution is -2.07. The summed E-state index contributed by atoms with van der Waals surface area (Å²) in [6.45, 7) is 1.62. The fourth-order valence-corrected chi connectivity index (χ4v) is 1.22. The summed E-state index contributed by atoms with van der Waals surface area (Å²) in [6.07, 6.45) is 0. The zero-order valence-electron chi connectivity index (χ0n) is 8.98. The zero-order valence-corrected chi connectivity index (χ0v) is 8.98. The first-order valence-corrected chi connectivity index (χ1v) is 4.54. The quantitative estimate of drug-likeness (QED) is 0.824. The number of methoxy groups -OCH3 is 2. The Morgan fingerprint density at radius 3 is 2.00 bits per heavy atom. The number of benzene rings is 1. The predicted molar refractivity (Wildman–Crippen MR) is 55.6 cm³/mol. The van der Waals surface area contributed by atoms with Gasteiger partial charge < -0.3 is 14.6 Å². The molecular weight excluding hydrogens is 196 g/mol. The topological polar surface area (TPSA) is 55.8 Å². The predicted octanol–water partition coefficient (Wildman–Crippen LogP) is 1.89. The van der Waals surface area contributed by atoms with Crippen molar-refractivity contribution in [2.24, 2.45) is 0 Å². The Hall–Kier alpha value is -1.71. The van der Waals surface area contributed by atoms with Gasteiger partial charge in [-0.1, -0.05) is 0 Å². The standard InChI is InChI=1S/C11H14O4/c1-7(11(12)13)8-4-9(14-2)6-10(5-8)15-3/h4-7H,1-3H3,(H,12,13)/t7-/m1/s1. The summed E-state index contributed by atoms with van der Waals surface area (Å²) < 4.78 is 10.1. The lowest BCUT2D eigenvalue weighted by Gasteiger charge is -2.11. The molecule has 0 bridgehead atoms. The van der Waals surface area contributed by atoms with E-state index in [9.17, 15) is 4.79 Å². The molecular formula is C11H14O4. The second kappa shape index (κ2) is 4.68. The summed E-state index contributed by atoms with van der Waals surface area (Å²) in [5, 5.41) is 8.88. The highest BCUT2D eigenvalue weighted by molar-refractivity contribution is 5.76. The SMILES string of the molecule is COc1cc(OC)cc([C@@H](C)C(=O)O)c1. The fraction of sp³-hybridized carbons (Fsp3) is 0.364. The third-order valence-corrected chi connectivity index (χ3v) is 2.24. The van der Waals surface area contributed by atoms with Crippen LogP contribution in [0.5, 0.6) is 11.5 Å².